The molecule has 7 nitrogen and oxygen atoms in total. The average Bonchev–Trinajstić information content (AvgIpc) is 3.22. The summed E-state index contributed by atoms with van der Waals surface area (Å²) in [5.74, 6) is 1.45. The van der Waals surface area contributed by atoms with E-state index in [-0.39, 0.29) is 5.56 Å². The topological polar surface area (TPSA) is 83.0 Å². The second kappa shape index (κ2) is 8.12. The Morgan fingerprint density at radius 3 is 2.73 bits per heavy atom. The molecule has 0 bridgehead atoms. The lowest BCUT2D eigenvalue weighted by Crippen LogP contribution is -2.20. The van der Waals surface area contributed by atoms with Crippen molar-refractivity contribution in [3.63, 3.8) is 0 Å². The van der Waals surface area contributed by atoms with Gasteiger partial charge in [0, 0.05) is 35.2 Å². The highest BCUT2D eigenvalue weighted by Crippen LogP contribution is 2.28. The fourth-order valence-electron chi connectivity index (χ4n) is 3.27. The Balaban J connectivity index is 1.69. The molecule has 0 saturated heterocycles. The third kappa shape index (κ3) is 3.71. The quantitative estimate of drug-likeness (QED) is 0.477. The van der Waals surface area contributed by atoms with E-state index < -0.39 is 0 Å². The van der Waals surface area contributed by atoms with Crippen molar-refractivity contribution < 1.29 is 9.26 Å². The van der Waals surface area contributed by atoms with Crippen molar-refractivity contribution in [1.29, 1.82) is 0 Å². The van der Waals surface area contributed by atoms with Crippen LogP contribution in [0, 0.1) is 13.8 Å². The van der Waals surface area contributed by atoms with Crippen LogP contribution in [-0.2, 0) is 6.54 Å². The van der Waals surface area contributed by atoms with E-state index in [1.54, 1.807) is 36.2 Å². The van der Waals surface area contributed by atoms with Crippen LogP contribution >= 0.6 is 11.6 Å². The molecule has 3 heterocycles. The lowest BCUT2D eigenvalue weighted by molar-refractivity contribution is 0.406. The molecule has 0 aliphatic rings. The molecule has 8 heteroatoms. The van der Waals surface area contributed by atoms with Gasteiger partial charge in [-0.2, -0.15) is 4.98 Å². The number of ether oxygens (including phenoxy) is 1. The smallest absolute Gasteiger partial charge is 0.259 e. The van der Waals surface area contributed by atoms with Crippen molar-refractivity contribution in [3.8, 4) is 28.6 Å². The highest BCUT2D eigenvalue weighted by Gasteiger charge is 2.15. The summed E-state index contributed by atoms with van der Waals surface area (Å²) in [5, 5.41) is 4.55. The number of aryl methyl sites for hydroxylation is 1. The zero-order chi connectivity index (χ0) is 21.3. The van der Waals surface area contributed by atoms with Crippen LogP contribution in [0.3, 0.4) is 0 Å². The summed E-state index contributed by atoms with van der Waals surface area (Å²) >= 11 is 6.22. The largest absolute Gasteiger partial charge is 0.496 e. The number of benzene rings is 1. The maximum atomic E-state index is 12.4. The van der Waals surface area contributed by atoms with Crippen LogP contribution in [0.25, 0.3) is 22.8 Å². The first-order valence-corrected chi connectivity index (χ1v) is 9.64. The molecule has 0 saturated carbocycles. The number of rotatable bonds is 5. The van der Waals surface area contributed by atoms with Gasteiger partial charge in [-0.15, -0.1) is 0 Å². The molecule has 0 fully saturated rings. The first-order valence-electron chi connectivity index (χ1n) is 9.26. The molecule has 4 rings (SSSR count). The van der Waals surface area contributed by atoms with Crippen LogP contribution in [0.4, 0.5) is 0 Å². The third-order valence-corrected chi connectivity index (χ3v) is 5.17. The van der Waals surface area contributed by atoms with Gasteiger partial charge < -0.3 is 13.8 Å². The van der Waals surface area contributed by atoms with E-state index in [1.807, 2.05) is 32.0 Å². The molecule has 152 valence electrons. The van der Waals surface area contributed by atoms with Gasteiger partial charge in [0.05, 0.1) is 29.9 Å². The SMILES string of the molecule is COc1c(C)cnc(Cn2cc(-c3nc(-c4ccccc4Cl)no3)ccc2=O)c1C. The Labute approximate surface area is 177 Å². The summed E-state index contributed by atoms with van der Waals surface area (Å²) in [6.07, 6.45) is 3.42. The monoisotopic (exact) mass is 422 g/mol. The number of methoxy groups -OCH3 is 1. The van der Waals surface area contributed by atoms with E-state index in [0.717, 1.165) is 22.6 Å². The Morgan fingerprint density at radius 1 is 1.17 bits per heavy atom. The van der Waals surface area contributed by atoms with Crippen LogP contribution < -0.4 is 10.3 Å². The maximum absolute atomic E-state index is 12.4. The molecule has 4 aromatic rings. The molecule has 0 aliphatic carbocycles. The molecule has 0 unspecified atom stereocenters. The first-order chi connectivity index (χ1) is 14.5. The van der Waals surface area contributed by atoms with Crippen LogP contribution in [0.2, 0.25) is 5.02 Å². The highest BCUT2D eigenvalue weighted by atomic mass is 35.5. The fraction of sp³-hybridized carbons (Fsp3) is 0.182. The fourth-order valence-corrected chi connectivity index (χ4v) is 3.49. The van der Waals surface area contributed by atoms with Crippen LogP contribution in [0.15, 0.2) is 58.1 Å². The minimum absolute atomic E-state index is 0.162. The van der Waals surface area contributed by atoms with Crippen LogP contribution in [0.5, 0.6) is 5.75 Å². The van der Waals surface area contributed by atoms with E-state index >= 15 is 0 Å². The third-order valence-electron chi connectivity index (χ3n) is 4.84. The number of aromatic nitrogens is 4. The standard InChI is InChI=1S/C22H19ClN4O3/c1-13-10-24-18(14(2)20(13)29-3)12-27-11-15(8-9-19(27)28)22-25-21(26-30-22)16-6-4-5-7-17(16)23/h4-11H,12H2,1-3H3. The van der Waals surface area contributed by atoms with Crippen molar-refractivity contribution in [3.05, 3.63) is 81.0 Å². The van der Waals surface area contributed by atoms with E-state index in [1.165, 1.54) is 6.07 Å². The number of hydrogen-bond donors (Lipinski definition) is 0. The van der Waals surface area contributed by atoms with Crippen LogP contribution in [0.1, 0.15) is 16.8 Å². The van der Waals surface area contributed by atoms with Gasteiger partial charge in [-0.25, -0.2) is 0 Å². The molecule has 3 aromatic heterocycles. The molecular weight excluding hydrogens is 404 g/mol. The van der Waals surface area contributed by atoms with Gasteiger partial charge in [0.25, 0.3) is 11.4 Å². The van der Waals surface area contributed by atoms with Gasteiger partial charge in [0.15, 0.2) is 0 Å². The zero-order valence-corrected chi connectivity index (χ0v) is 17.5. The summed E-state index contributed by atoms with van der Waals surface area (Å²) < 4.78 is 12.4. The van der Waals surface area contributed by atoms with Crippen molar-refractivity contribution in [2.75, 3.05) is 7.11 Å². The normalized spacial score (nSPS) is 10.9. The zero-order valence-electron chi connectivity index (χ0n) is 16.7. The van der Waals surface area contributed by atoms with Gasteiger partial charge in [-0.05, 0) is 32.0 Å². The summed E-state index contributed by atoms with van der Waals surface area (Å²) in [4.78, 5) is 21.3. The van der Waals surface area contributed by atoms with E-state index in [4.69, 9.17) is 20.9 Å². The number of halogens is 1. The molecule has 0 spiro atoms. The van der Waals surface area contributed by atoms with Crippen molar-refractivity contribution in [2.24, 2.45) is 0 Å². The Bertz CT molecular complexity index is 1280. The van der Waals surface area contributed by atoms with Crippen molar-refractivity contribution >= 4 is 11.6 Å². The predicted molar refractivity (Wildman–Crippen MR) is 114 cm³/mol. The second-order valence-electron chi connectivity index (χ2n) is 6.83. The molecule has 0 amide bonds. The van der Waals surface area contributed by atoms with Gasteiger partial charge >= 0.3 is 0 Å². The molecule has 30 heavy (non-hydrogen) atoms. The summed E-state index contributed by atoms with van der Waals surface area (Å²) in [6, 6.07) is 10.4. The van der Waals surface area contributed by atoms with Gasteiger partial charge in [-0.1, -0.05) is 28.9 Å². The molecular formula is C22H19ClN4O3. The lowest BCUT2D eigenvalue weighted by atomic mass is 10.1. The average molecular weight is 423 g/mol. The summed E-state index contributed by atoms with van der Waals surface area (Å²) in [6.45, 7) is 4.15. The number of nitrogens with zero attached hydrogens (tertiary/aromatic N) is 4. The Hall–Kier alpha value is -3.45. The van der Waals surface area contributed by atoms with Gasteiger partial charge in [-0.3, -0.25) is 9.78 Å². The molecule has 0 aliphatic heterocycles. The maximum Gasteiger partial charge on any atom is 0.259 e. The van der Waals surface area contributed by atoms with Crippen LogP contribution in [-0.4, -0.2) is 26.8 Å². The Kier molecular flexibility index (Phi) is 5.37. The molecule has 0 atom stereocenters. The predicted octanol–water partition coefficient (Wildman–Crippen LogP) is 4.29. The highest BCUT2D eigenvalue weighted by molar-refractivity contribution is 6.33. The minimum Gasteiger partial charge on any atom is -0.496 e. The lowest BCUT2D eigenvalue weighted by Gasteiger charge is -2.13. The first kappa shape index (κ1) is 19.8. The summed E-state index contributed by atoms with van der Waals surface area (Å²) in [7, 11) is 1.62. The molecule has 0 N–H and O–H groups in total. The number of hydrogen-bond acceptors (Lipinski definition) is 6. The number of pyridine rings is 2. The van der Waals surface area contributed by atoms with Gasteiger partial charge in [0.2, 0.25) is 5.82 Å². The van der Waals surface area contributed by atoms with E-state index in [9.17, 15) is 4.79 Å². The Morgan fingerprint density at radius 2 is 1.97 bits per heavy atom. The minimum atomic E-state index is -0.162. The van der Waals surface area contributed by atoms with Gasteiger partial charge in [0.1, 0.15) is 5.75 Å². The van der Waals surface area contributed by atoms with Crippen molar-refractivity contribution in [2.45, 2.75) is 20.4 Å². The second-order valence-corrected chi connectivity index (χ2v) is 7.24. The van der Waals surface area contributed by atoms with Crippen molar-refractivity contribution in [1.82, 2.24) is 19.7 Å². The summed E-state index contributed by atoms with van der Waals surface area (Å²) in [5.41, 5.74) is 3.72. The van der Waals surface area contributed by atoms with E-state index in [0.29, 0.717) is 34.4 Å². The molecule has 0 radical (unpaired) electrons. The van der Waals surface area contributed by atoms with E-state index in [2.05, 4.69) is 15.1 Å². The molecule has 1 aromatic carbocycles.